The third-order valence-corrected chi connectivity index (χ3v) is 6.44. The van der Waals surface area contributed by atoms with Crippen molar-refractivity contribution in [2.75, 3.05) is 12.9 Å². The molecule has 0 spiro atoms. The van der Waals surface area contributed by atoms with Gasteiger partial charge < -0.3 is 15.2 Å². The van der Waals surface area contributed by atoms with Crippen LogP contribution in [0.5, 0.6) is 5.75 Å². The Kier molecular flexibility index (Phi) is 5.65. The minimum atomic E-state index is -0.599. The normalized spacial score (nSPS) is 21.2. The van der Waals surface area contributed by atoms with Gasteiger partial charge >= 0.3 is 5.97 Å². The number of aromatic nitrogens is 2. The van der Waals surface area contributed by atoms with Crippen LogP contribution in [-0.4, -0.2) is 50.6 Å². The molecule has 2 atom stereocenters. The summed E-state index contributed by atoms with van der Waals surface area (Å²) in [6.07, 6.45) is 3.54. The van der Waals surface area contributed by atoms with E-state index in [1.807, 2.05) is 12.1 Å². The summed E-state index contributed by atoms with van der Waals surface area (Å²) in [6.45, 7) is 0.0885. The zero-order valence-corrected chi connectivity index (χ0v) is 17.1. The first-order valence-electron chi connectivity index (χ1n) is 8.77. The van der Waals surface area contributed by atoms with Gasteiger partial charge in [-0.15, -0.1) is 16.9 Å². The second kappa shape index (κ2) is 8.36. The van der Waals surface area contributed by atoms with E-state index >= 15 is 0 Å². The molecule has 1 aromatic carbocycles. The molecule has 10 heteroatoms. The lowest BCUT2D eigenvalue weighted by molar-refractivity contribution is -0.151. The predicted molar refractivity (Wildman–Crippen MR) is 110 cm³/mol. The molecule has 0 bridgehead atoms. The van der Waals surface area contributed by atoms with Crippen molar-refractivity contribution in [3.8, 4) is 5.75 Å². The van der Waals surface area contributed by atoms with E-state index in [2.05, 4.69) is 9.59 Å². The zero-order valence-electron chi connectivity index (χ0n) is 15.5. The van der Waals surface area contributed by atoms with Crippen LogP contribution in [0.3, 0.4) is 0 Å². The highest BCUT2D eigenvalue weighted by Gasteiger charge is 2.51. The molecule has 1 amide bonds. The summed E-state index contributed by atoms with van der Waals surface area (Å²) < 4.78 is 14.4. The van der Waals surface area contributed by atoms with E-state index in [0.29, 0.717) is 17.0 Å². The van der Waals surface area contributed by atoms with Crippen LogP contribution in [0, 0.1) is 0 Å². The van der Waals surface area contributed by atoms with Crippen molar-refractivity contribution < 1.29 is 19.1 Å². The minimum absolute atomic E-state index is 0.0885. The molecule has 1 aromatic heterocycles. The zero-order chi connectivity index (χ0) is 20.4. The first kappa shape index (κ1) is 19.6. The van der Waals surface area contributed by atoms with E-state index in [0.717, 1.165) is 11.3 Å². The minimum Gasteiger partial charge on any atom is -0.497 e. The predicted octanol–water partition coefficient (Wildman–Crippen LogP) is 1.80. The van der Waals surface area contributed by atoms with Crippen molar-refractivity contribution in [1.82, 2.24) is 14.5 Å². The molecule has 2 aliphatic rings. The van der Waals surface area contributed by atoms with Gasteiger partial charge in [0.15, 0.2) is 0 Å². The summed E-state index contributed by atoms with van der Waals surface area (Å²) in [5.74, 6) is 0.435. The Bertz CT molecular complexity index is 973. The molecule has 0 saturated carbocycles. The average molecular weight is 431 g/mol. The summed E-state index contributed by atoms with van der Waals surface area (Å²) in [5.41, 5.74) is 8.34. The SMILES string of the molecule is COc1ccc(COC(=O)C2=C(/C=C\c3csnn3)CSC3C(N)C(=O)N23)cc1. The average Bonchev–Trinajstić information content (AvgIpc) is 3.28. The van der Waals surface area contributed by atoms with Gasteiger partial charge in [-0.3, -0.25) is 9.69 Å². The number of thioether (sulfide) groups is 1. The molecule has 1 saturated heterocycles. The van der Waals surface area contributed by atoms with E-state index < -0.39 is 12.0 Å². The van der Waals surface area contributed by atoms with Gasteiger partial charge in [0, 0.05) is 11.1 Å². The number of ether oxygens (including phenoxy) is 2. The fourth-order valence-corrected chi connectivity index (χ4v) is 4.71. The largest absolute Gasteiger partial charge is 0.497 e. The smallest absolute Gasteiger partial charge is 0.355 e. The first-order valence-corrected chi connectivity index (χ1v) is 10.7. The fourth-order valence-electron chi connectivity index (χ4n) is 3.03. The van der Waals surface area contributed by atoms with E-state index in [1.165, 1.54) is 28.2 Å². The first-order chi connectivity index (χ1) is 14.1. The number of hydrogen-bond acceptors (Lipinski definition) is 9. The van der Waals surface area contributed by atoms with Crippen LogP contribution in [0.2, 0.25) is 0 Å². The lowest BCUT2D eigenvalue weighted by Gasteiger charge is -2.48. The van der Waals surface area contributed by atoms with Gasteiger partial charge in [0.2, 0.25) is 5.91 Å². The summed E-state index contributed by atoms with van der Waals surface area (Å²) in [7, 11) is 1.59. The van der Waals surface area contributed by atoms with Gasteiger partial charge in [-0.25, -0.2) is 4.79 Å². The Morgan fingerprint density at radius 1 is 1.34 bits per heavy atom. The quantitative estimate of drug-likeness (QED) is 0.546. The summed E-state index contributed by atoms with van der Waals surface area (Å²) >= 11 is 2.76. The van der Waals surface area contributed by atoms with E-state index in [9.17, 15) is 9.59 Å². The van der Waals surface area contributed by atoms with Crippen LogP contribution < -0.4 is 10.5 Å². The van der Waals surface area contributed by atoms with Crippen molar-refractivity contribution in [3.05, 3.63) is 58.2 Å². The summed E-state index contributed by atoms with van der Waals surface area (Å²) in [5, 5.41) is 5.51. The number of β-lactam (4-membered cyclic amide) rings is 1. The van der Waals surface area contributed by atoms with Crippen molar-refractivity contribution in [1.29, 1.82) is 0 Å². The van der Waals surface area contributed by atoms with Crippen molar-refractivity contribution in [2.24, 2.45) is 5.73 Å². The number of carbonyl (C=O) groups excluding carboxylic acids is 2. The molecule has 2 aliphatic heterocycles. The highest BCUT2D eigenvalue weighted by molar-refractivity contribution is 8.00. The Morgan fingerprint density at radius 3 is 2.83 bits per heavy atom. The molecule has 0 aliphatic carbocycles. The summed E-state index contributed by atoms with van der Waals surface area (Å²) in [4.78, 5) is 26.7. The van der Waals surface area contributed by atoms with Gasteiger partial charge in [0.1, 0.15) is 29.5 Å². The van der Waals surface area contributed by atoms with Gasteiger partial charge in [-0.05, 0) is 40.9 Å². The molecule has 2 aromatic rings. The van der Waals surface area contributed by atoms with Crippen LogP contribution in [0.25, 0.3) is 6.08 Å². The molecule has 4 rings (SSSR count). The van der Waals surface area contributed by atoms with E-state index in [1.54, 1.807) is 36.8 Å². The third-order valence-electron chi connectivity index (χ3n) is 4.59. The number of rotatable bonds is 6. The number of methoxy groups -OCH3 is 1. The molecule has 3 heterocycles. The number of carbonyl (C=O) groups is 2. The third kappa shape index (κ3) is 3.91. The molecule has 29 heavy (non-hydrogen) atoms. The van der Waals surface area contributed by atoms with Crippen molar-refractivity contribution >= 4 is 41.2 Å². The molecule has 2 N–H and O–H groups in total. The number of nitrogens with zero attached hydrogens (tertiary/aromatic N) is 3. The molecule has 2 unspecified atom stereocenters. The lowest BCUT2D eigenvalue weighted by Crippen LogP contribution is -2.68. The number of benzene rings is 1. The second-order valence-electron chi connectivity index (χ2n) is 6.40. The van der Waals surface area contributed by atoms with Crippen LogP contribution in [0.15, 0.2) is 47.0 Å². The van der Waals surface area contributed by atoms with Gasteiger partial charge in [-0.1, -0.05) is 22.7 Å². The number of esters is 1. The molecular formula is C19H18N4O4S2. The maximum absolute atomic E-state index is 12.9. The van der Waals surface area contributed by atoms with Crippen LogP contribution in [0.1, 0.15) is 11.3 Å². The molecule has 0 radical (unpaired) electrons. The highest BCUT2D eigenvalue weighted by atomic mass is 32.2. The van der Waals surface area contributed by atoms with Crippen molar-refractivity contribution in [3.63, 3.8) is 0 Å². The number of allylic oxidation sites excluding steroid dienone is 1. The Morgan fingerprint density at radius 2 is 2.14 bits per heavy atom. The topological polar surface area (TPSA) is 108 Å². The van der Waals surface area contributed by atoms with Gasteiger partial charge in [0.25, 0.3) is 0 Å². The van der Waals surface area contributed by atoms with E-state index in [-0.39, 0.29) is 23.6 Å². The second-order valence-corrected chi connectivity index (χ2v) is 8.11. The molecular weight excluding hydrogens is 412 g/mol. The maximum Gasteiger partial charge on any atom is 0.355 e. The molecule has 150 valence electrons. The maximum atomic E-state index is 12.9. The number of nitrogens with two attached hydrogens (primary N) is 1. The van der Waals surface area contributed by atoms with Gasteiger partial charge in [-0.2, -0.15) is 0 Å². The standard InChI is InChI=1S/C19H18N4O4S2/c1-26-14-6-2-11(3-7-14)8-27-19(25)16-12(4-5-13-10-29-22-21-13)9-28-18-15(20)17(24)23(16)18/h2-7,10,15,18H,8-9,20H2,1H3/b5-4-. The van der Waals surface area contributed by atoms with Crippen LogP contribution in [0.4, 0.5) is 0 Å². The van der Waals surface area contributed by atoms with Crippen LogP contribution >= 0.6 is 23.3 Å². The number of fused-ring (bicyclic) bond motifs is 1. The van der Waals surface area contributed by atoms with E-state index in [4.69, 9.17) is 15.2 Å². The highest BCUT2D eigenvalue weighted by Crippen LogP contribution is 2.40. The fraction of sp³-hybridized carbons (Fsp3) is 0.263. The lowest BCUT2D eigenvalue weighted by atomic mass is 10.0. The summed E-state index contributed by atoms with van der Waals surface area (Å²) in [6, 6.07) is 6.63. The molecule has 1 fully saturated rings. The Labute approximate surface area is 175 Å². The Hall–Kier alpha value is -2.69. The number of amides is 1. The molecule has 8 nitrogen and oxygen atoms in total. The monoisotopic (exact) mass is 430 g/mol. The van der Waals surface area contributed by atoms with Crippen LogP contribution in [-0.2, 0) is 20.9 Å². The Balaban J connectivity index is 1.56. The van der Waals surface area contributed by atoms with Gasteiger partial charge in [0.05, 0.1) is 12.8 Å². The number of hydrogen-bond donors (Lipinski definition) is 1. The van der Waals surface area contributed by atoms with Crippen molar-refractivity contribution in [2.45, 2.75) is 18.0 Å².